The van der Waals surface area contributed by atoms with Gasteiger partial charge in [0.2, 0.25) is 0 Å². The molecule has 3 heteroatoms. The number of hydrogen-bond acceptors (Lipinski definition) is 3. The van der Waals surface area contributed by atoms with Gasteiger partial charge in [-0.25, -0.2) is 9.97 Å². The number of aromatic nitrogens is 2. The summed E-state index contributed by atoms with van der Waals surface area (Å²) in [7, 11) is 0. The number of fused-ring (bicyclic) bond motifs is 1. The van der Waals surface area contributed by atoms with E-state index in [2.05, 4.69) is 88.8 Å². The number of hydrogen-bond donors (Lipinski definition) is 1. The molecule has 3 aliphatic carbocycles. The Hall–Kier alpha value is -2.42. The average Bonchev–Trinajstić information content (AvgIpc) is 2.72. The van der Waals surface area contributed by atoms with Gasteiger partial charge in [0, 0.05) is 11.0 Å². The Morgan fingerprint density at radius 3 is 2.00 bits per heavy atom. The molecule has 0 saturated carbocycles. The molecule has 182 valence electrons. The number of nitrogen functional groups attached to an aromatic ring is 1. The second kappa shape index (κ2) is 8.98. The summed E-state index contributed by atoms with van der Waals surface area (Å²) >= 11 is 0. The molecule has 0 aromatic carbocycles. The minimum absolute atomic E-state index is 0.209. The Kier molecular flexibility index (Phi) is 6.52. The zero-order valence-electron chi connectivity index (χ0n) is 22.4. The highest BCUT2D eigenvalue weighted by molar-refractivity contribution is 5.68. The van der Waals surface area contributed by atoms with Gasteiger partial charge in [0.15, 0.2) is 0 Å². The highest BCUT2D eigenvalue weighted by Gasteiger charge is 2.35. The van der Waals surface area contributed by atoms with Gasteiger partial charge >= 0.3 is 0 Å². The molecule has 0 fully saturated rings. The lowest BCUT2D eigenvalue weighted by Crippen LogP contribution is -2.27. The first-order valence-corrected chi connectivity index (χ1v) is 13.0. The van der Waals surface area contributed by atoms with Gasteiger partial charge in [0.1, 0.15) is 12.1 Å². The lowest BCUT2D eigenvalue weighted by Gasteiger charge is -2.36. The second-order valence-electron chi connectivity index (χ2n) is 12.4. The molecule has 1 atom stereocenters. The van der Waals surface area contributed by atoms with Gasteiger partial charge in [-0.1, -0.05) is 70.1 Å². The molecule has 0 spiro atoms. The highest BCUT2D eigenvalue weighted by atomic mass is 14.9. The summed E-state index contributed by atoms with van der Waals surface area (Å²) in [5.74, 6) is 0.594. The Balaban J connectivity index is 1.73. The van der Waals surface area contributed by atoms with E-state index in [9.17, 15) is 0 Å². The summed E-state index contributed by atoms with van der Waals surface area (Å²) in [6.45, 7) is 16.4. The van der Waals surface area contributed by atoms with Crippen LogP contribution in [0.15, 0.2) is 58.5 Å². The lowest BCUT2D eigenvalue weighted by atomic mass is 9.69. The van der Waals surface area contributed by atoms with Crippen LogP contribution in [0.1, 0.15) is 105 Å². The Labute approximate surface area is 207 Å². The standard InChI is InChI=1S/C31H43N3/c1-21-10-8-15-29(3,4)24(21)13-12-23-18-26-27(28(32)34-20-33-26)31(7,19-23)17-14-25-22(2)11-9-16-30(25,5)6/h12-14,17-18,20H,8-11,15-16,19H2,1-7H3,(H2,32,33,34)/b13-12+,17-14+. The Bertz CT molecular complexity index is 1120. The fourth-order valence-corrected chi connectivity index (χ4v) is 6.57. The molecule has 0 amide bonds. The van der Waals surface area contributed by atoms with E-state index in [1.165, 1.54) is 66.4 Å². The molecular weight excluding hydrogens is 414 g/mol. The number of anilines is 1. The first kappa shape index (κ1) is 24.7. The number of rotatable bonds is 4. The van der Waals surface area contributed by atoms with Crippen LogP contribution in [-0.4, -0.2) is 9.97 Å². The van der Waals surface area contributed by atoms with Gasteiger partial charge in [-0.05, 0) is 92.4 Å². The molecule has 0 aliphatic heterocycles. The molecule has 1 aromatic heterocycles. The van der Waals surface area contributed by atoms with Gasteiger partial charge in [-0.15, -0.1) is 0 Å². The molecule has 3 aliphatic rings. The molecule has 3 nitrogen and oxygen atoms in total. The normalized spacial score (nSPS) is 26.9. The van der Waals surface area contributed by atoms with Gasteiger partial charge < -0.3 is 5.73 Å². The number of nitrogens with zero attached hydrogens (tertiary/aromatic N) is 2. The highest BCUT2D eigenvalue weighted by Crippen LogP contribution is 2.46. The minimum Gasteiger partial charge on any atom is -0.383 e. The summed E-state index contributed by atoms with van der Waals surface area (Å²) in [5.41, 5.74) is 16.0. The molecular formula is C31H43N3. The van der Waals surface area contributed by atoms with Gasteiger partial charge in [0.05, 0.1) is 5.69 Å². The summed E-state index contributed by atoms with van der Waals surface area (Å²) in [4.78, 5) is 9.01. The molecule has 2 N–H and O–H groups in total. The van der Waals surface area contributed by atoms with Crippen molar-refractivity contribution >= 4 is 11.9 Å². The van der Waals surface area contributed by atoms with Crippen molar-refractivity contribution in [3.8, 4) is 0 Å². The molecule has 1 heterocycles. The molecule has 34 heavy (non-hydrogen) atoms. The molecule has 0 saturated heterocycles. The van der Waals surface area contributed by atoms with Crippen molar-refractivity contribution < 1.29 is 0 Å². The van der Waals surface area contributed by atoms with Crippen LogP contribution in [0.25, 0.3) is 6.08 Å². The summed E-state index contributed by atoms with van der Waals surface area (Å²) < 4.78 is 0. The summed E-state index contributed by atoms with van der Waals surface area (Å²) in [5, 5.41) is 0. The third-order valence-corrected chi connectivity index (χ3v) is 8.54. The maximum atomic E-state index is 6.44. The topological polar surface area (TPSA) is 51.8 Å². The zero-order valence-corrected chi connectivity index (χ0v) is 22.4. The van der Waals surface area contributed by atoms with E-state index < -0.39 is 0 Å². The van der Waals surface area contributed by atoms with Crippen LogP contribution in [0.3, 0.4) is 0 Å². The number of allylic oxidation sites excluding steroid dienone is 9. The average molecular weight is 458 g/mol. The monoisotopic (exact) mass is 457 g/mol. The Morgan fingerprint density at radius 1 is 0.824 bits per heavy atom. The first-order chi connectivity index (χ1) is 15.9. The van der Waals surface area contributed by atoms with E-state index in [-0.39, 0.29) is 16.2 Å². The fraction of sp³-hybridized carbons (Fsp3) is 0.548. The molecule has 4 rings (SSSR count). The SMILES string of the molecule is CC1=C(/C=C/C2=Cc3ncnc(N)c3C(C)(/C=C/C3=C(C)CCCC3(C)C)C2)C(C)(C)CCC1. The van der Waals surface area contributed by atoms with Crippen LogP contribution < -0.4 is 5.73 Å². The first-order valence-electron chi connectivity index (χ1n) is 13.0. The van der Waals surface area contributed by atoms with Crippen molar-refractivity contribution in [1.82, 2.24) is 9.97 Å². The maximum Gasteiger partial charge on any atom is 0.131 e. The van der Waals surface area contributed by atoms with Gasteiger partial charge in [0.25, 0.3) is 0 Å². The van der Waals surface area contributed by atoms with Gasteiger partial charge in [-0.2, -0.15) is 0 Å². The maximum absolute atomic E-state index is 6.44. The molecule has 0 radical (unpaired) electrons. The van der Waals surface area contributed by atoms with Crippen LogP contribution in [0.4, 0.5) is 5.82 Å². The third kappa shape index (κ3) is 4.72. The molecule has 1 aromatic rings. The zero-order chi connectivity index (χ0) is 24.7. The molecule has 0 bridgehead atoms. The van der Waals surface area contributed by atoms with Crippen molar-refractivity contribution in [3.63, 3.8) is 0 Å². The van der Waals surface area contributed by atoms with E-state index in [0.717, 1.165) is 17.7 Å². The van der Waals surface area contributed by atoms with Crippen molar-refractivity contribution in [3.05, 3.63) is 69.8 Å². The van der Waals surface area contributed by atoms with E-state index >= 15 is 0 Å². The van der Waals surface area contributed by atoms with E-state index in [4.69, 9.17) is 5.73 Å². The van der Waals surface area contributed by atoms with Crippen LogP contribution in [0.2, 0.25) is 0 Å². The number of nitrogens with two attached hydrogens (primary N) is 1. The quantitative estimate of drug-likeness (QED) is 0.495. The van der Waals surface area contributed by atoms with E-state index in [0.29, 0.717) is 5.82 Å². The predicted molar refractivity (Wildman–Crippen MR) is 145 cm³/mol. The lowest BCUT2D eigenvalue weighted by molar-refractivity contribution is 0.376. The largest absolute Gasteiger partial charge is 0.383 e. The van der Waals surface area contributed by atoms with Crippen molar-refractivity contribution in [2.75, 3.05) is 5.73 Å². The summed E-state index contributed by atoms with van der Waals surface area (Å²) in [6, 6.07) is 0. The smallest absolute Gasteiger partial charge is 0.131 e. The minimum atomic E-state index is -0.249. The molecule has 1 unspecified atom stereocenters. The fourth-order valence-electron chi connectivity index (χ4n) is 6.57. The predicted octanol–water partition coefficient (Wildman–Crippen LogP) is 8.27. The van der Waals surface area contributed by atoms with Crippen LogP contribution in [0.5, 0.6) is 0 Å². The second-order valence-corrected chi connectivity index (χ2v) is 12.4. The van der Waals surface area contributed by atoms with Crippen molar-refractivity contribution in [2.24, 2.45) is 10.8 Å². The van der Waals surface area contributed by atoms with Crippen LogP contribution in [-0.2, 0) is 5.41 Å². The van der Waals surface area contributed by atoms with Crippen molar-refractivity contribution in [1.29, 1.82) is 0 Å². The van der Waals surface area contributed by atoms with E-state index in [1.54, 1.807) is 6.33 Å². The van der Waals surface area contributed by atoms with Gasteiger partial charge in [-0.3, -0.25) is 0 Å². The van der Waals surface area contributed by atoms with Crippen LogP contribution >= 0.6 is 0 Å². The van der Waals surface area contributed by atoms with Crippen molar-refractivity contribution in [2.45, 2.75) is 98.8 Å². The Morgan fingerprint density at radius 2 is 1.41 bits per heavy atom. The van der Waals surface area contributed by atoms with E-state index in [1.807, 2.05) is 0 Å². The van der Waals surface area contributed by atoms with Crippen LogP contribution in [0, 0.1) is 10.8 Å². The third-order valence-electron chi connectivity index (χ3n) is 8.54. The summed E-state index contributed by atoms with van der Waals surface area (Å²) in [6.07, 6.45) is 21.6.